The Morgan fingerprint density at radius 2 is 1.00 bits per heavy atom. The molecule has 1 aliphatic heterocycles. The van der Waals surface area contributed by atoms with Crippen molar-refractivity contribution >= 4 is 0 Å². The van der Waals surface area contributed by atoms with Crippen LogP contribution in [0.25, 0.3) is 0 Å². The lowest BCUT2D eigenvalue weighted by molar-refractivity contribution is 0.485. The SMILES string of the molecule is CCCCCCCC1C/C=C/CC/C=C/CC(CCCCCCC)N=N1. The van der Waals surface area contributed by atoms with E-state index in [1.807, 2.05) is 0 Å². The van der Waals surface area contributed by atoms with Gasteiger partial charge in [-0.15, -0.1) is 0 Å². The fraction of sp³-hybridized carbons (Fsp3) is 0.833. The normalized spacial score (nSPS) is 23.9. The molecule has 0 saturated heterocycles. The van der Waals surface area contributed by atoms with E-state index in [4.69, 9.17) is 10.2 Å². The zero-order valence-corrected chi connectivity index (χ0v) is 17.7. The molecular formula is C24H44N2. The molecule has 0 aliphatic carbocycles. The maximum atomic E-state index is 4.81. The Morgan fingerprint density at radius 3 is 1.42 bits per heavy atom. The Hall–Kier alpha value is -0.920. The Kier molecular flexibility index (Phi) is 15.6. The second-order valence-corrected chi connectivity index (χ2v) is 7.94. The number of hydrogen-bond donors (Lipinski definition) is 0. The minimum absolute atomic E-state index is 0.402. The molecule has 0 radical (unpaired) electrons. The Labute approximate surface area is 163 Å². The van der Waals surface area contributed by atoms with Crippen molar-refractivity contribution in [1.82, 2.24) is 0 Å². The van der Waals surface area contributed by atoms with Crippen molar-refractivity contribution in [3.8, 4) is 0 Å². The highest BCUT2D eigenvalue weighted by Gasteiger charge is 2.09. The molecule has 0 spiro atoms. The van der Waals surface area contributed by atoms with Crippen LogP contribution >= 0.6 is 0 Å². The van der Waals surface area contributed by atoms with Gasteiger partial charge >= 0.3 is 0 Å². The quantitative estimate of drug-likeness (QED) is 0.246. The summed E-state index contributed by atoms with van der Waals surface area (Å²) in [7, 11) is 0. The lowest BCUT2D eigenvalue weighted by Crippen LogP contribution is -2.07. The van der Waals surface area contributed by atoms with Gasteiger partial charge in [0, 0.05) is 0 Å². The van der Waals surface area contributed by atoms with Crippen LogP contribution in [0, 0.1) is 0 Å². The molecule has 1 heterocycles. The van der Waals surface area contributed by atoms with Crippen LogP contribution in [-0.4, -0.2) is 12.1 Å². The monoisotopic (exact) mass is 360 g/mol. The Morgan fingerprint density at radius 1 is 0.577 bits per heavy atom. The number of hydrogen-bond acceptors (Lipinski definition) is 2. The average molecular weight is 361 g/mol. The van der Waals surface area contributed by atoms with E-state index >= 15 is 0 Å². The van der Waals surface area contributed by atoms with Crippen molar-refractivity contribution in [2.45, 2.75) is 129 Å². The minimum atomic E-state index is 0.402. The summed E-state index contributed by atoms with van der Waals surface area (Å²) in [6.07, 6.45) is 29.7. The highest BCUT2D eigenvalue weighted by atomic mass is 15.1. The predicted molar refractivity (Wildman–Crippen MR) is 116 cm³/mol. The van der Waals surface area contributed by atoms with Crippen LogP contribution in [0.4, 0.5) is 0 Å². The summed E-state index contributed by atoms with van der Waals surface area (Å²) in [6.45, 7) is 4.56. The van der Waals surface area contributed by atoms with Crippen LogP contribution in [0.15, 0.2) is 34.5 Å². The lowest BCUT2D eigenvalue weighted by Gasteiger charge is -2.13. The predicted octanol–water partition coefficient (Wildman–Crippen LogP) is 8.58. The van der Waals surface area contributed by atoms with Crippen LogP contribution in [0.5, 0.6) is 0 Å². The second-order valence-electron chi connectivity index (χ2n) is 7.94. The first-order chi connectivity index (χ1) is 12.9. The first-order valence-corrected chi connectivity index (χ1v) is 11.6. The van der Waals surface area contributed by atoms with Crippen LogP contribution in [0.1, 0.15) is 117 Å². The van der Waals surface area contributed by atoms with Gasteiger partial charge < -0.3 is 0 Å². The molecule has 150 valence electrons. The van der Waals surface area contributed by atoms with E-state index in [1.165, 1.54) is 89.9 Å². The zero-order chi connectivity index (χ0) is 18.7. The number of azo groups is 1. The third-order valence-corrected chi connectivity index (χ3v) is 5.32. The summed E-state index contributed by atoms with van der Waals surface area (Å²) in [4.78, 5) is 0. The van der Waals surface area contributed by atoms with Gasteiger partial charge in [0.15, 0.2) is 0 Å². The highest BCUT2D eigenvalue weighted by molar-refractivity contribution is 4.92. The highest BCUT2D eigenvalue weighted by Crippen LogP contribution is 2.18. The smallest absolute Gasteiger partial charge is 0.0742 e. The fourth-order valence-corrected chi connectivity index (χ4v) is 3.54. The summed E-state index contributed by atoms with van der Waals surface area (Å²) in [5.41, 5.74) is 0. The molecule has 0 aromatic heterocycles. The molecule has 2 atom stereocenters. The Balaban J connectivity index is 2.48. The van der Waals surface area contributed by atoms with Gasteiger partial charge in [-0.1, -0.05) is 102 Å². The van der Waals surface area contributed by atoms with Gasteiger partial charge in [-0.2, -0.15) is 10.2 Å². The van der Waals surface area contributed by atoms with Crippen molar-refractivity contribution in [1.29, 1.82) is 0 Å². The molecule has 0 aromatic rings. The molecular weight excluding hydrogens is 316 g/mol. The third-order valence-electron chi connectivity index (χ3n) is 5.32. The molecule has 26 heavy (non-hydrogen) atoms. The van der Waals surface area contributed by atoms with Gasteiger partial charge in [-0.3, -0.25) is 0 Å². The molecule has 0 bridgehead atoms. The maximum absolute atomic E-state index is 4.81. The average Bonchev–Trinajstić information content (AvgIpc) is 2.64. The summed E-state index contributed by atoms with van der Waals surface area (Å²) in [6, 6.07) is 0.803. The van der Waals surface area contributed by atoms with Crippen molar-refractivity contribution in [2.75, 3.05) is 0 Å². The van der Waals surface area contributed by atoms with Crippen LogP contribution in [0.3, 0.4) is 0 Å². The van der Waals surface area contributed by atoms with Gasteiger partial charge in [-0.05, 0) is 38.5 Å². The molecule has 0 fully saturated rings. The molecule has 2 heteroatoms. The maximum Gasteiger partial charge on any atom is 0.0742 e. The number of allylic oxidation sites excluding steroid dienone is 2. The number of rotatable bonds is 12. The van der Waals surface area contributed by atoms with E-state index in [-0.39, 0.29) is 0 Å². The van der Waals surface area contributed by atoms with Crippen LogP contribution < -0.4 is 0 Å². The molecule has 2 nitrogen and oxygen atoms in total. The third kappa shape index (κ3) is 13.3. The van der Waals surface area contributed by atoms with E-state index in [9.17, 15) is 0 Å². The van der Waals surface area contributed by atoms with Crippen molar-refractivity contribution in [2.24, 2.45) is 10.2 Å². The molecule has 2 unspecified atom stereocenters. The molecule has 1 rings (SSSR count). The van der Waals surface area contributed by atoms with E-state index in [0.717, 1.165) is 12.8 Å². The van der Waals surface area contributed by atoms with E-state index in [1.54, 1.807) is 0 Å². The zero-order valence-electron chi connectivity index (χ0n) is 17.7. The largest absolute Gasteiger partial charge is 0.190 e. The molecule has 1 aliphatic rings. The van der Waals surface area contributed by atoms with Crippen LogP contribution in [-0.2, 0) is 0 Å². The van der Waals surface area contributed by atoms with E-state index in [2.05, 4.69) is 38.2 Å². The van der Waals surface area contributed by atoms with E-state index < -0.39 is 0 Å². The molecule has 0 amide bonds. The van der Waals surface area contributed by atoms with Crippen LogP contribution in [0.2, 0.25) is 0 Å². The molecule has 0 aromatic carbocycles. The standard InChI is InChI=1S/C24H44N2/c1-3-5-7-11-15-19-23-21-17-13-9-10-14-18-22-24(26-25-23)20-16-12-8-6-4-2/h13-14,17-18,23-24H,3-12,15-16,19-22H2,1-2H3/b17-13+,18-14+,26-25?. The second kappa shape index (κ2) is 17.5. The number of nitrogens with zero attached hydrogens (tertiary/aromatic N) is 2. The van der Waals surface area contributed by atoms with Gasteiger partial charge in [0.25, 0.3) is 0 Å². The molecule has 0 saturated carbocycles. The topological polar surface area (TPSA) is 24.7 Å². The van der Waals surface area contributed by atoms with Gasteiger partial charge in [0.05, 0.1) is 12.1 Å². The number of unbranched alkanes of at least 4 members (excludes halogenated alkanes) is 8. The van der Waals surface area contributed by atoms with Crippen molar-refractivity contribution < 1.29 is 0 Å². The summed E-state index contributed by atoms with van der Waals surface area (Å²) >= 11 is 0. The van der Waals surface area contributed by atoms with Crippen molar-refractivity contribution in [3.05, 3.63) is 24.3 Å². The first kappa shape index (κ1) is 23.1. The summed E-state index contributed by atoms with van der Waals surface area (Å²) < 4.78 is 0. The summed E-state index contributed by atoms with van der Waals surface area (Å²) in [5.74, 6) is 0. The molecule has 0 N–H and O–H groups in total. The van der Waals surface area contributed by atoms with Gasteiger partial charge in [0.2, 0.25) is 0 Å². The fourth-order valence-electron chi connectivity index (χ4n) is 3.54. The Bertz CT molecular complexity index is 348. The van der Waals surface area contributed by atoms with Gasteiger partial charge in [-0.25, -0.2) is 0 Å². The first-order valence-electron chi connectivity index (χ1n) is 11.6. The lowest BCUT2D eigenvalue weighted by atomic mass is 10.0. The summed E-state index contributed by atoms with van der Waals surface area (Å²) in [5, 5.41) is 9.62. The van der Waals surface area contributed by atoms with Gasteiger partial charge in [0.1, 0.15) is 0 Å². The van der Waals surface area contributed by atoms with E-state index in [0.29, 0.717) is 12.1 Å². The van der Waals surface area contributed by atoms with Crippen molar-refractivity contribution in [3.63, 3.8) is 0 Å². The minimum Gasteiger partial charge on any atom is -0.190 e.